The number of thiophene rings is 1. The van der Waals surface area contributed by atoms with E-state index in [1.165, 1.54) is 6.07 Å². The summed E-state index contributed by atoms with van der Waals surface area (Å²) in [5, 5.41) is 2.80. The molecule has 0 saturated carbocycles. The van der Waals surface area contributed by atoms with Crippen LogP contribution in [0.2, 0.25) is 0 Å². The third kappa shape index (κ3) is 5.42. The number of carbonyl (C=O) groups excluding carboxylic acids is 1. The van der Waals surface area contributed by atoms with Crippen molar-refractivity contribution in [1.82, 2.24) is 10.2 Å². The first kappa shape index (κ1) is 16.8. The highest BCUT2D eigenvalue weighted by Crippen LogP contribution is 2.30. The summed E-state index contributed by atoms with van der Waals surface area (Å²) in [6, 6.07) is 1.42. The van der Waals surface area contributed by atoms with Gasteiger partial charge in [0.25, 0.3) is 5.91 Å². The molecule has 1 amide bonds. The van der Waals surface area contributed by atoms with Gasteiger partial charge in [0.1, 0.15) is 10.6 Å². The Kier molecular flexibility index (Phi) is 6.35. The lowest BCUT2D eigenvalue weighted by Gasteiger charge is -2.16. The number of halogens is 2. The minimum absolute atomic E-state index is 0.0355. The fraction of sp³-hybridized carbons (Fsp3) is 0.615. The Morgan fingerprint density at radius 1 is 1.50 bits per heavy atom. The summed E-state index contributed by atoms with van der Waals surface area (Å²) in [6.07, 6.45) is 0.786. The summed E-state index contributed by atoms with van der Waals surface area (Å²) in [4.78, 5) is 15.0. The molecule has 0 aliphatic heterocycles. The molecule has 114 valence electrons. The number of nitrogens with zero attached hydrogens (tertiary/aromatic N) is 1. The van der Waals surface area contributed by atoms with Crippen LogP contribution in [0.25, 0.3) is 0 Å². The minimum Gasteiger partial charge on any atom is -0.433 e. The monoisotopic (exact) mass is 306 g/mol. The zero-order chi connectivity index (χ0) is 15.3. The first-order chi connectivity index (χ1) is 9.29. The normalized spacial score (nSPS) is 12.8. The third-order valence-corrected chi connectivity index (χ3v) is 3.66. The molecule has 0 fully saturated rings. The maximum absolute atomic E-state index is 12.3. The van der Waals surface area contributed by atoms with Crippen LogP contribution in [-0.4, -0.2) is 44.1 Å². The van der Waals surface area contributed by atoms with Crippen LogP contribution in [0.4, 0.5) is 8.78 Å². The molecule has 1 atom stereocenters. The Balaban J connectivity index is 2.67. The summed E-state index contributed by atoms with van der Waals surface area (Å²) < 4.78 is 29.0. The van der Waals surface area contributed by atoms with E-state index < -0.39 is 6.61 Å². The van der Waals surface area contributed by atoms with Crippen molar-refractivity contribution in [2.45, 2.75) is 32.9 Å². The van der Waals surface area contributed by atoms with E-state index in [1.807, 2.05) is 25.9 Å². The Morgan fingerprint density at radius 3 is 2.70 bits per heavy atom. The number of alkyl halides is 2. The number of ether oxygens (including phenoxy) is 1. The van der Waals surface area contributed by atoms with E-state index in [9.17, 15) is 13.6 Å². The van der Waals surface area contributed by atoms with E-state index in [0.29, 0.717) is 0 Å². The number of carbonyl (C=O) groups is 1. The number of hydrogen-bond acceptors (Lipinski definition) is 4. The molecule has 1 aromatic rings. The second-order valence-electron chi connectivity index (χ2n) is 4.90. The molecule has 0 saturated heterocycles. The molecule has 1 heterocycles. The van der Waals surface area contributed by atoms with Gasteiger partial charge in [0, 0.05) is 10.9 Å². The van der Waals surface area contributed by atoms with Gasteiger partial charge in [-0.05, 0) is 47.0 Å². The van der Waals surface area contributed by atoms with Crippen molar-refractivity contribution in [2.24, 2.45) is 0 Å². The lowest BCUT2D eigenvalue weighted by molar-refractivity contribution is -0.0498. The van der Waals surface area contributed by atoms with Gasteiger partial charge in [0.15, 0.2) is 0 Å². The van der Waals surface area contributed by atoms with Crippen LogP contribution in [0, 0.1) is 6.92 Å². The predicted molar refractivity (Wildman–Crippen MR) is 75.8 cm³/mol. The highest BCUT2D eigenvalue weighted by atomic mass is 32.1. The summed E-state index contributed by atoms with van der Waals surface area (Å²) in [7, 11) is 3.90. The fourth-order valence-electron chi connectivity index (χ4n) is 1.65. The largest absolute Gasteiger partial charge is 0.433 e. The molecule has 7 heteroatoms. The highest BCUT2D eigenvalue weighted by Gasteiger charge is 2.20. The van der Waals surface area contributed by atoms with E-state index in [-0.39, 0.29) is 22.6 Å². The minimum atomic E-state index is -2.93. The molecule has 4 nitrogen and oxygen atoms in total. The van der Waals surface area contributed by atoms with Gasteiger partial charge in [-0.15, -0.1) is 11.3 Å². The standard InChI is InChI=1S/C13H20F2N2O2S/c1-8(5-6-17(3)4)16-12(18)11-10(19-13(14)15)7-9(2)20-11/h7-8,13H,5-6H2,1-4H3,(H,16,18)/t8-/m0/s1. The van der Waals surface area contributed by atoms with Gasteiger partial charge >= 0.3 is 6.61 Å². The molecule has 0 bridgehead atoms. The van der Waals surface area contributed by atoms with Crippen molar-refractivity contribution in [3.63, 3.8) is 0 Å². The molecule has 0 unspecified atom stereocenters. The van der Waals surface area contributed by atoms with E-state index in [0.717, 1.165) is 29.2 Å². The first-order valence-electron chi connectivity index (χ1n) is 6.30. The average molecular weight is 306 g/mol. The van der Waals surface area contributed by atoms with E-state index in [2.05, 4.69) is 10.1 Å². The Labute approximate surface area is 121 Å². The van der Waals surface area contributed by atoms with Gasteiger partial charge in [0.2, 0.25) is 0 Å². The lowest BCUT2D eigenvalue weighted by atomic mass is 10.2. The average Bonchev–Trinajstić information content (AvgIpc) is 2.66. The van der Waals surface area contributed by atoms with Crippen LogP contribution >= 0.6 is 11.3 Å². The SMILES string of the molecule is Cc1cc(OC(F)F)c(C(=O)N[C@@H](C)CCN(C)C)s1. The molecular weight excluding hydrogens is 286 g/mol. The molecule has 0 spiro atoms. The Morgan fingerprint density at radius 2 is 2.15 bits per heavy atom. The van der Waals surface area contributed by atoms with Crippen LogP contribution in [0.5, 0.6) is 5.75 Å². The number of nitrogens with one attached hydrogen (secondary N) is 1. The van der Waals surface area contributed by atoms with Gasteiger partial charge in [-0.1, -0.05) is 0 Å². The maximum atomic E-state index is 12.3. The van der Waals surface area contributed by atoms with Crippen molar-refractivity contribution in [3.8, 4) is 5.75 Å². The van der Waals surface area contributed by atoms with Crippen molar-refractivity contribution >= 4 is 17.2 Å². The van der Waals surface area contributed by atoms with Gasteiger partial charge in [-0.25, -0.2) is 0 Å². The zero-order valence-corrected chi connectivity index (χ0v) is 12.9. The second-order valence-corrected chi connectivity index (χ2v) is 6.15. The molecule has 1 N–H and O–H groups in total. The van der Waals surface area contributed by atoms with Gasteiger partial charge in [-0.3, -0.25) is 4.79 Å². The van der Waals surface area contributed by atoms with Crippen LogP contribution in [0.15, 0.2) is 6.07 Å². The van der Waals surface area contributed by atoms with Crippen molar-refractivity contribution in [1.29, 1.82) is 0 Å². The van der Waals surface area contributed by atoms with Crippen molar-refractivity contribution in [2.75, 3.05) is 20.6 Å². The van der Waals surface area contributed by atoms with E-state index in [1.54, 1.807) is 6.92 Å². The van der Waals surface area contributed by atoms with Gasteiger partial charge in [-0.2, -0.15) is 8.78 Å². The number of rotatable bonds is 7. The third-order valence-electron chi connectivity index (χ3n) is 2.63. The summed E-state index contributed by atoms with van der Waals surface area (Å²) in [5.74, 6) is -0.426. The molecule has 0 radical (unpaired) electrons. The smallest absolute Gasteiger partial charge is 0.387 e. The lowest BCUT2D eigenvalue weighted by Crippen LogP contribution is -2.34. The van der Waals surface area contributed by atoms with Crippen LogP contribution in [0.3, 0.4) is 0 Å². The summed E-state index contributed by atoms with van der Waals surface area (Å²) in [6.45, 7) is 1.54. The molecule has 0 aliphatic rings. The van der Waals surface area contributed by atoms with E-state index in [4.69, 9.17) is 0 Å². The first-order valence-corrected chi connectivity index (χ1v) is 7.12. The van der Waals surface area contributed by atoms with Gasteiger partial charge < -0.3 is 15.0 Å². The quantitative estimate of drug-likeness (QED) is 0.842. The van der Waals surface area contributed by atoms with Gasteiger partial charge in [0.05, 0.1) is 0 Å². The summed E-state index contributed by atoms with van der Waals surface area (Å²) in [5.41, 5.74) is 0. The topological polar surface area (TPSA) is 41.6 Å². The van der Waals surface area contributed by atoms with Crippen LogP contribution in [0.1, 0.15) is 27.9 Å². The molecular formula is C13H20F2N2O2S. The second kappa shape index (κ2) is 7.54. The number of aryl methyl sites for hydroxylation is 1. The molecule has 0 aliphatic carbocycles. The zero-order valence-electron chi connectivity index (χ0n) is 12.1. The Hall–Kier alpha value is -1.21. The molecule has 1 aromatic heterocycles. The maximum Gasteiger partial charge on any atom is 0.387 e. The number of amides is 1. The molecule has 20 heavy (non-hydrogen) atoms. The predicted octanol–water partition coefficient (Wildman–Crippen LogP) is 2.73. The van der Waals surface area contributed by atoms with Crippen LogP contribution in [-0.2, 0) is 0 Å². The molecule has 0 aromatic carbocycles. The van der Waals surface area contributed by atoms with Crippen molar-refractivity contribution < 1.29 is 18.3 Å². The highest BCUT2D eigenvalue weighted by molar-refractivity contribution is 7.14. The van der Waals surface area contributed by atoms with Crippen LogP contribution < -0.4 is 10.1 Å². The Bertz CT molecular complexity index is 450. The van der Waals surface area contributed by atoms with Crippen molar-refractivity contribution in [3.05, 3.63) is 15.8 Å². The molecule has 1 rings (SSSR count). The summed E-state index contributed by atoms with van der Waals surface area (Å²) >= 11 is 1.15. The fourth-order valence-corrected chi connectivity index (χ4v) is 2.49. The van der Waals surface area contributed by atoms with E-state index >= 15 is 0 Å². The number of hydrogen-bond donors (Lipinski definition) is 1.